The number of rotatable bonds is 8. The lowest BCUT2D eigenvalue weighted by Crippen LogP contribution is -2.62. The van der Waals surface area contributed by atoms with Crippen molar-refractivity contribution in [3.05, 3.63) is 71.8 Å². The summed E-state index contributed by atoms with van der Waals surface area (Å²) in [6.45, 7) is 7.53. The maximum absolute atomic E-state index is 13.2. The fraction of sp³-hybridized carbons (Fsp3) is 0.658. The summed E-state index contributed by atoms with van der Waals surface area (Å²) in [6, 6.07) is 20.8. The maximum Gasteiger partial charge on any atom is 0.220 e. The van der Waals surface area contributed by atoms with Gasteiger partial charge < -0.3 is 20.6 Å². The van der Waals surface area contributed by atoms with Gasteiger partial charge in [-0.3, -0.25) is 4.79 Å². The van der Waals surface area contributed by atoms with Crippen molar-refractivity contribution in [1.82, 2.24) is 5.32 Å². The summed E-state index contributed by atoms with van der Waals surface area (Å²) in [4.78, 5) is 13.2. The number of carbonyl (C=O) groups is 1. The summed E-state index contributed by atoms with van der Waals surface area (Å²) in [5.74, 6) is 2.03. The molecule has 0 unspecified atom stereocenters. The van der Waals surface area contributed by atoms with Crippen LogP contribution in [0.3, 0.4) is 0 Å². The van der Waals surface area contributed by atoms with E-state index in [4.69, 9.17) is 0 Å². The minimum atomic E-state index is -0.394. The number of benzene rings is 2. The first kappa shape index (κ1) is 30.8. The molecule has 4 aliphatic rings. The number of hydrogen-bond donors (Lipinski definition) is 4. The topological polar surface area (TPSA) is 89.8 Å². The zero-order valence-electron chi connectivity index (χ0n) is 26.4. The van der Waals surface area contributed by atoms with Crippen molar-refractivity contribution >= 4 is 5.91 Å². The maximum atomic E-state index is 13.2. The van der Waals surface area contributed by atoms with Crippen LogP contribution in [0.5, 0.6) is 0 Å². The molecule has 0 spiro atoms. The van der Waals surface area contributed by atoms with Crippen LogP contribution in [-0.4, -0.2) is 46.1 Å². The van der Waals surface area contributed by atoms with E-state index in [1.54, 1.807) is 0 Å². The summed E-state index contributed by atoms with van der Waals surface area (Å²) in [7, 11) is 0. The van der Waals surface area contributed by atoms with Gasteiger partial charge in [0.2, 0.25) is 5.91 Å². The summed E-state index contributed by atoms with van der Waals surface area (Å²) in [6.07, 6.45) is 6.55. The van der Waals surface area contributed by atoms with Crippen LogP contribution >= 0.6 is 0 Å². The van der Waals surface area contributed by atoms with Crippen molar-refractivity contribution in [1.29, 1.82) is 0 Å². The smallest absolute Gasteiger partial charge is 0.220 e. The van der Waals surface area contributed by atoms with Crippen molar-refractivity contribution in [2.75, 3.05) is 6.54 Å². The molecule has 0 aliphatic heterocycles. The van der Waals surface area contributed by atoms with Crippen LogP contribution in [0.15, 0.2) is 60.7 Å². The minimum absolute atomic E-state index is 0.0879. The van der Waals surface area contributed by atoms with Gasteiger partial charge in [0.05, 0.1) is 18.3 Å². The van der Waals surface area contributed by atoms with Gasteiger partial charge in [-0.15, -0.1) is 0 Å². The van der Waals surface area contributed by atoms with Crippen molar-refractivity contribution in [2.45, 2.75) is 103 Å². The van der Waals surface area contributed by atoms with Crippen LogP contribution in [0, 0.1) is 46.3 Å². The Morgan fingerprint density at radius 2 is 1.53 bits per heavy atom. The molecule has 0 aromatic heterocycles. The van der Waals surface area contributed by atoms with Crippen molar-refractivity contribution in [3.8, 4) is 0 Å². The average Bonchev–Trinajstić information content (AvgIpc) is 3.37. The van der Waals surface area contributed by atoms with Crippen LogP contribution < -0.4 is 5.32 Å². The number of amides is 1. The molecule has 43 heavy (non-hydrogen) atoms. The van der Waals surface area contributed by atoms with Gasteiger partial charge in [-0.05, 0) is 109 Å². The highest BCUT2D eigenvalue weighted by atomic mass is 16.3. The lowest BCUT2D eigenvalue weighted by molar-refractivity contribution is -0.207. The molecule has 11 atom stereocenters. The highest BCUT2D eigenvalue weighted by Crippen LogP contribution is 2.68. The molecule has 4 saturated carbocycles. The van der Waals surface area contributed by atoms with Gasteiger partial charge in [-0.25, -0.2) is 0 Å². The molecule has 0 saturated heterocycles. The molecular formula is C38H53NO4. The predicted octanol–water partition coefficient (Wildman–Crippen LogP) is 6.31. The molecule has 5 heteroatoms. The lowest BCUT2D eigenvalue weighted by Gasteiger charge is -2.63. The van der Waals surface area contributed by atoms with Gasteiger partial charge in [0.25, 0.3) is 0 Å². The molecule has 0 bridgehead atoms. The normalized spacial score (nSPS) is 39.4. The third-order valence-corrected chi connectivity index (χ3v) is 13.3. The van der Waals surface area contributed by atoms with Crippen molar-refractivity contribution in [3.63, 3.8) is 0 Å². The minimum Gasteiger partial charge on any atom is -0.393 e. The number of fused-ring (bicyclic) bond motifs is 5. The highest BCUT2D eigenvalue weighted by Gasteiger charge is 2.65. The Morgan fingerprint density at radius 1 is 0.884 bits per heavy atom. The van der Waals surface area contributed by atoms with E-state index >= 15 is 0 Å². The molecule has 5 nitrogen and oxygen atoms in total. The monoisotopic (exact) mass is 587 g/mol. The molecule has 234 valence electrons. The van der Waals surface area contributed by atoms with E-state index in [0.717, 1.165) is 51.4 Å². The average molecular weight is 588 g/mol. The zero-order valence-corrected chi connectivity index (χ0v) is 26.4. The van der Waals surface area contributed by atoms with Crippen LogP contribution in [-0.2, 0) is 4.79 Å². The van der Waals surface area contributed by atoms with Crippen molar-refractivity contribution < 1.29 is 20.1 Å². The van der Waals surface area contributed by atoms with E-state index in [9.17, 15) is 20.1 Å². The Balaban J connectivity index is 1.09. The Morgan fingerprint density at radius 3 is 2.19 bits per heavy atom. The quantitative estimate of drug-likeness (QED) is 0.291. The number of aliphatic hydroxyl groups excluding tert-OH is 3. The molecule has 0 heterocycles. The van der Waals surface area contributed by atoms with Crippen LogP contribution in [0.25, 0.3) is 0 Å². The van der Waals surface area contributed by atoms with Gasteiger partial charge in [-0.2, -0.15) is 0 Å². The summed E-state index contributed by atoms with van der Waals surface area (Å²) >= 11 is 0. The van der Waals surface area contributed by atoms with Crippen LogP contribution in [0.4, 0.5) is 0 Å². The highest BCUT2D eigenvalue weighted by molar-refractivity contribution is 5.76. The van der Waals surface area contributed by atoms with E-state index in [0.29, 0.717) is 42.6 Å². The fourth-order valence-electron chi connectivity index (χ4n) is 10.8. The Labute approximate surface area is 258 Å². The van der Waals surface area contributed by atoms with E-state index in [1.165, 1.54) is 11.1 Å². The molecule has 6 rings (SSSR count). The fourth-order valence-corrected chi connectivity index (χ4v) is 10.8. The van der Waals surface area contributed by atoms with E-state index < -0.39 is 6.10 Å². The first-order chi connectivity index (χ1) is 20.6. The van der Waals surface area contributed by atoms with Crippen molar-refractivity contribution in [2.24, 2.45) is 46.3 Å². The SMILES string of the molecule is C[C@H](CCC(=O)NCC(c1ccccc1)c1ccccc1)[C@H]1CC[C@H]2[C@@H]3[C@H](O)C[C@@H]4C[C@H](O)CC[C@]4(C)[C@H]3C[C@H](O)[C@]12C. The molecule has 4 N–H and O–H groups in total. The molecule has 0 radical (unpaired) electrons. The Kier molecular flexibility index (Phi) is 8.80. The second kappa shape index (κ2) is 12.3. The molecule has 4 aliphatic carbocycles. The van der Waals surface area contributed by atoms with E-state index in [1.807, 2.05) is 12.1 Å². The third-order valence-electron chi connectivity index (χ3n) is 13.3. The number of hydrogen-bond acceptors (Lipinski definition) is 4. The number of nitrogens with one attached hydrogen (secondary N) is 1. The first-order valence-electron chi connectivity index (χ1n) is 17.0. The molecule has 2 aromatic rings. The van der Waals surface area contributed by atoms with E-state index in [-0.39, 0.29) is 40.8 Å². The largest absolute Gasteiger partial charge is 0.393 e. The Bertz CT molecular complexity index is 1200. The zero-order chi connectivity index (χ0) is 30.4. The summed E-state index contributed by atoms with van der Waals surface area (Å²) in [5.41, 5.74) is 2.25. The number of aliphatic hydroxyl groups is 3. The van der Waals surface area contributed by atoms with Crippen LogP contribution in [0.2, 0.25) is 0 Å². The molecule has 4 fully saturated rings. The van der Waals surface area contributed by atoms with Gasteiger partial charge in [-0.1, -0.05) is 81.4 Å². The van der Waals surface area contributed by atoms with Gasteiger partial charge in [0.15, 0.2) is 0 Å². The van der Waals surface area contributed by atoms with Gasteiger partial charge in [0, 0.05) is 18.9 Å². The van der Waals surface area contributed by atoms with E-state index in [2.05, 4.69) is 74.6 Å². The second-order valence-corrected chi connectivity index (χ2v) is 15.2. The van der Waals surface area contributed by atoms with Gasteiger partial charge >= 0.3 is 0 Å². The molecule has 1 amide bonds. The second-order valence-electron chi connectivity index (χ2n) is 15.2. The summed E-state index contributed by atoms with van der Waals surface area (Å²) < 4.78 is 0. The first-order valence-corrected chi connectivity index (χ1v) is 17.0. The van der Waals surface area contributed by atoms with Gasteiger partial charge in [0.1, 0.15) is 0 Å². The number of carbonyl (C=O) groups excluding carboxylic acids is 1. The third kappa shape index (κ3) is 5.59. The predicted molar refractivity (Wildman–Crippen MR) is 170 cm³/mol. The lowest BCUT2D eigenvalue weighted by atomic mass is 9.43. The Hall–Kier alpha value is -2.21. The molecular weight excluding hydrogens is 534 g/mol. The standard InChI is InChI=1S/C38H53NO4/c1-24(14-17-35(43)39-23-29(25-10-6-4-7-11-25)26-12-8-5-9-13-26)30-15-16-31-36-32(22-34(42)38(30,31)3)37(2)19-18-28(40)20-27(37)21-33(36)41/h4-13,24,27-34,36,40-42H,14-23H2,1-3H3,(H,39,43)/t24-,27+,28-,30-,31+,32+,33-,34+,36+,37+,38-/m1/s1. The summed E-state index contributed by atoms with van der Waals surface area (Å²) in [5, 5.41) is 37.0. The van der Waals surface area contributed by atoms with Crippen LogP contribution in [0.1, 0.15) is 95.6 Å². The molecule has 2 aromatic carbocycles.